The lowest BCUT2D eigenvalue weighted by Crippen LogP contribution is -2.33. The van der Waals surface area contributed by atoms with Gasteiger partial charge in [-0.3, -0.25) is 4.79 Å². The summed E-state index contributed by atoms with van der Waals surface area (Å²) in [6, 6.07) is 9.11. The van der Waals surface area contributed by atoms with Gasteiger partial charge in [0.05, 0.1) is 6.61 Å². The Morgan fingerprint density at radius 3 is 2.87 bits per heavy atom. The molecule has 1 atom stereocenters. The van der Waals surface area contributed by atoms with Crippen molar-refractivity contribution in [1.29, 1.82) is 0 Å². The van der Waals surface area contributed by atoms with Crippen molar-refractivity contribution in [2.45, 2.75) is 6.10 Å². The molecule has 0 saturated carbocycles. The fourth-order valence-electron chi connectivity index (χ4n) is 1.39. The lowest BCUT2D eigenvalue weighted by Gasteiger charge is -2.08. The Morgan fingerprint density at radius 2 is 2.20 bits per heavy atom. The molecule has 80 valence electrons. The summed E-state index contributed by atoms with van der Waals surface area (Å²) in [5, 5.41) is 2.80. The predicted octanol–water partition coefficient (Wildman–Crippen LogP) is 0.789. The molecular formula is C11H13NO3. The summed E-state index contributed by atoms with van der Waals surface area (Å²) < 4.78 is 10.2. The van der Waals surface area contributed by atoms with Gasteiger partial charge in [-0.25, -0.2) is 0 Å². The molecule has 0 aromatic heterocycles. The molecule has 4 nitrogen and oxygen atoms in total. The zero-order chi connectivity index (χ0) is 10.5. The summed E-state index contributed by atoms with van der Waals surface area (Å²) >= 11 is 0. The molecule has 1 aliphatic rings. The molecule has 1 fully saturated rings. The molecule has 1 unspecified atom stereocenters. The van der Waals surface area contributed by atoms with Crippen molar-refractivity contribution in [2.24, 2.45) is 0 Å². The Hall–Kier alpha value is -1.39. The molecule has 0 aliphatic carbocycles. The van der Waals surface area contributed by atoms with Crippen LogP contribution in [0.1, 0.15) is 10.4 Å². The van der Waals surface area contributed by atoms with Gasteiger partial charge in [0.2, 0.25) is 0 Å². The molecule has 1 aromatic carbocycles. The molecule has 0 bridgehead atoms. The normalized spacial score (nSPS) is 20.1. The van der Waals surface area contributed by atoms with Gasteiger partial charge in [-0.05, 0) is 12.1 Å². The fraction of sp³-hybridized carbons (Fsp3) is 0.364. The van der Waals surface area contributed by atoms with Crippen molar-refractivity contribution < 1.29 is 14.3 Å². The van der Waals surface area contributed by atoms with E-state index in [2.05, 4.69) is 5.32 Å². The molecule has 0 radical (unpaired) electrons. The second kappa shape index (κ2) is 4.91. The first kappa shape index (κ1) is 10.1. The van der Waals surface area contributed by atoms with Gasteiger partial charge >= 0.3 is 0 Å². The van der Waals surface area contributed by atoms with E-state index in [0.717, 1.165) is 0 Å². The van der Waals surface area contributed by atoms with E-state index in [1.165, 1.54) is 0 Å². The van der Waals surface area contributed by atoms with Gasteiger partial charge in [0.15, 0.2) is 0 Å². The van der Waals surface area contributed by atoms with E-state index in [1.807, 2.05) is 18.2 Å². The van der Waals surface area contributed by atoms with Gasteiger partial charge in [-0.1, -0.05) is 18.2 Å². The van der Waals surface area contributed by atoms with Crippen molar-refractivity contribution in [3.8, 4) is 0 Å². The summed E-state index contributed by atoms with van der Waals surface area (Å²) in [6.07, 6.45) is -0.0161. The number of hydrogen-bond donors (Lipinski definition) is 1. The molecule has 1 N–H and O–H groups in total. The number of ether oxygens (including phenoxy) is 2. The van der Waals surface area contributed by atoms with Crippen LogP contribution in [0.2, 0.25) is 0 Å². The van der Waals surface area contributed by atoms with Gasteiger partial charge < -0.3 is 14.8 Å². The standard InChI is InChI=1S/C11H13NO3/c13-11(9-4-2-1-3-5-9)12-6-10-7-14-8-15-10/h1-5,10H,6-8H2,(H,12,13). The van der Waals surface area contributed by atoms with E-state index in [1.54, 1.807) is 12.1 Å². The van der Waals surface area contributed by atoms with Crippen LogP contribution in [0.5, 0.6) is 0 Å². The average Bonchev–Trinajstić information content (AvgIpc) is 2.80. The third kappa shape index (κ3) is 2.78. The van der Waals surface area contributed by atoms with Gasteiger partial charge in [-0.15, -0.1) is 0 Å². The highest BCUT2D eigenvalue weighted by Crippen LogP contribution is 2.02. The van der Waals surface area contributed by atoms with Crippen LogP contribution >= 0.6 is 0 Å². The Balaban J connectivity index is 1.82. The molecule has 1 saturated heterocycles. The minimum Gasteiger partial charge on any atom is -0.353 e. The minimum absolute atomic E-state index is 0.0161. The van der Waals surface area contributed by atoms with Crippen LogP contribution in [0.3, 0.4) is 0 Å². The van der Waals surface area contributed by atoms with E-state index in [4.69, 9.17) is 9.47 Å². The first-order valence-corrected chi connectivity index (χ1v) is 4.89. The summed E-state index contributed by atoms with van der Waals surface area (Å²) in [5.74, 6) is -0.0777. The number of carbonyl (C=O) groups excluding carboxylic acids is 1. The third-order valence-corrected chi connectivity index (χ3v) is 2.22. The topological polar surface area (TPSA) is 47.6 Å². The molecule has 4 heteroatoms. The first-order chi connectivity index (χ1) is 7.36. The zero-order valence-electron chi connectivity index (χ0n) is 8.31. The highest BCUT2D eigenvalue weighted by molar-refractivity contribution is 5.94. The first-order valence-electron chi connectivity index (χ1n) is 4.89. The number of amides is 1. The largest absolute Gasteiger partial charge is 0.353 e. The van der Waals surface area contributed by atoms with Crippen LogP contribution in [0.25, 0.3) is 0 Å². The number of hydrogen-bond acceptors (Lipinski definition) is 3. The number of rotatable bonds is 3. The maximum atomic E-state index is 11.6. The van der Waals surface area contributed by atoms with Crippen molar-refractivity contribution in [1.82, 2.24) is 5.32 Å². The van der Waals surface area contributed by atoms with Gasteiger partial charge in [0, 0.05) is 12.1 Å². The molecule has 1 aliphatic heterocycles. The summed E-state index contributed by atoms with van der Waals surface area (Å²) in [6.45, 7) is 1.37. The van der Waals surface area contributed by atoms with Crippen LogP contribution in [-0.2, 0) is 9.47 Å². The number of benzene rings is 1. The van der Waals surface area contributed by atoms with E-state index < -0.39 is 0 Å². The monoisotopic (exact) mass is 207 g/mol. The van der Waals surface area contributed by atoms with Crippen LogP contribution < -0.4 is 5.32 Å². The Labute approximate surface area is 88.2 Å². The van der Waals surface area contributed by atoms with Gasteiger partial charge in [0.25, 0.3) is 5.91 Å². The maximum absolute atomic E-state index is 11.6. The van der Waals surface area contributed by atoms with Crippen molar-refractivity contribution in [3.05, 3.63) is 35.9 Å². The second-order valence-electron chi connectivity index (χ2n) is 3.35. The summed E-state index contributed by atoms with van der Waals surface area (Å²) in [4.78, 5) is 11.6. The van der Waals surface area contributed by atoms with E-state index in [-0.39, 0.29) is 12.0 Å². The highest BCUT2D eigenvalue weighted by Gasteiger charge is 2.16. The van der Waals surface area contributed by atoms with Crippen LogP contribution in [0.4, 0.5) is 0 Å². The molecular weight excluding hydrogens is 194 g/mol. The summed E-state index contributed by atoms with van der Waals surface area (Å²) in [5.41, 5.74) is 0.663. The molecule has 2 rings (SSSR count). The van der Waals surface area contributed by atoms with Crippen LogP contribution in [0, 0.1) is 0 Å². The third-order valence-electron chi connectivity index (χ3n) is 2.22. The number of carbonyl (C=O) groups is 1. The quantitative estimate of drug-likeness (QED) is 0.797. The maximum Gasteiger partial charge on any atom is 0.251 e. The molecule has 1 heterocycles. The fourth-order valence-corrected chi connectivity index (χ4v) is 1.39. The molecule has 1 amide bonds. The summed E-state index contributed by atoms with van der Waals surface area (Å²) in [7, 11) is 0. The Morgan fingerprint density at radius 1 is 1.40 bits per heavy atom. The predicted molar refractivity (Wildman–Crippen MR) is 54.5 cm³/mol. The molecule has 0 spiro atoms. The SMILES string of the molecule is O=C(NCC1COCO1)c1ccccc1. The number of nitrogens with one attached hydrogen (secondary N) is 1. The van der Waals surface area contributed by atoms with Gasteiger partial charge in [-0.2, -0.15) is 0 Å². The van der Waals surface area contributed by atoms with Gasteiger partial charge in [0.1, 0.15) is 12.9 Å². The zero-order valence-corrected chi connectivity index (χ0v) is 8.31. The Bertz CT molecular complexity index is 320. The average molecular weight is 207 g/mol. The van der Waals surface area contributed by atoms with Crippen molar-refractivity contribution in [3.63, 3.8) is 0 Å². The van der Waals surface area contributed by atoms with Crippen LogP contribution in [-0.4, -0.2) is 32.0 Å². The highest BCUT2D eigenvalue weighted by atomic mass is 16.7. The molecule has 15 heavy (non-hydrogen) atoms. The lowest BCUT2D eigenvalue weighted by molar-refractivity contribution is 0.0461. The van der Waals surface area contributed by atoms with E-state index in [0.29, 0.717) is 25.5 Å². The second-order valence-corrected chi connectivity index (χ2v) is 3.35. The van der Waals surface area contributed by atoms with E-state index >= 15 is 0 Å². The smallest absolute Gasteiger partial charge is 0.251 e. The lowest BCUT2D eigenvalue weighted by atomic mass is 10.2. The van der Waals surface area contributed by atoms with E-state index in [9.17, 15) is 4.79 Å². The molecule has 1 aromatic rings. The van der Waals surface area contributed by atoms with Crippen molar-refractivity contribution >= 4 is 5.91 Å². The Kier molecular flexibility index (Phi) is 3.32. The minimum atomic E-state index is -0.0777. The van der Waals surface area contributed by atoms with Crippen molar-refractivity contribution in [2.75, 3.05) is 19.9 Å². The van der Waals surface area contributed by atoms with Crippen LogP contribution in [0.15, 0.2) is 30.3 Å².